The van der Waals surface area contributed by atoms with Crippen LogP contribution in [0.2, 0.25) is 0 Å². The van der Waals surface area contributed by atoms with E-state index in [9.17, 15) is 19.4 Å². The number of likely N-dealkylation sites (N-methyl/N-ethyl adjacent to an activating group) is 1. The van der Waals surface area contributed by atoms with Gasteiger partial charge in [-0.25, -0.2) is 9.36 Å². The van der Waals surface area contributed by atoms with Gasteiger partial charge in [0.25, 0.3) is 0 Å². The maximum absolute atomic E-state index is 13.9. The zero-order chi connectivity index (χ0) is 28.8. The molecule has 2 aliphatic rings. The van der Waals surface area contributed by atoms with Crippen LogP contribution in [-0.4, -0.2) is 53.7 Å². The smallest absolute Gasteiger partial charge is 0.473 e. The number of phosphoric acid groups is 1. The molecule has 3 atom stereocenters. The van der Waals surface area contributed by atoms with Crippen LogP contribution in [0.1, 0.15) is 89.2 Å². The first kappa shape index (κ1) is 31.6. The van der Waals surface area contributed by atoms with E-state index in [4.69, 9.17) is 13.8 Å². The molecule has 1 fully saturated rings. The van der Waals surface area contributed by atoms with Crippen LogP contribution in [0.4, 0.5) is 0 Å². The molecule has 0 spiro atoms. The van der Waals surface area contributed by atoms with Gasteiger partial charge in [0.1, 0.15) is 11.5 Å². The van der Waals surface area contributed by atoms with Crippen molar-refractivity contribution in [3.05, 3.63) is 47.1 Å². The van der Waals surface area contributed by atoms with Gasteiger partial charge in [0.15, 0.2) is 5.60 Å². The fraction of sp³-hybridized carbons (Fsp3) is 0.633. The zero-order valence-electron chi connectivity index (χ0n) is 24.2. The molecular weight excluding hydrogens is 517 g/mol. The number of allylic oxidation sites excluding steroid dienone is 3. The van der Waals surface area contributed by atoms with E-state index < -0.39 is 19.4 Å². The van der Waals surface area contributed by atoms with E-state index in [1.807, 2.05) is 38.9 Å². The van der Waals surface area contributed by atoms with Gasteiger partial charge in [-0.3, -0.25) is 9.05 Å². The predicted molar refractivity (Wildman–Crippen MR) is 153 cm³/mol. The Morgan fingerprint density at radius 2 is 1.92 bits per heavy atom. The average molecular weight is 564 g/mol. The van der Waals surface area contributed by atoms with E-state index in [2.05, 4.69) is 19.6 Å². The highest BCUT2D eigenvalue weighted by Crippen LogP contribution is 2.52. The summed E-state index contributed by atoms with van der Waals surface area (Å²) in [6.07, 6.45) is 8.21. The number of aromatic hydroxyl groups is 1. The molecule has 1 unspecified atom stereocenters. The van der Waals surface area contributed by atoms with Gasteiger partial charge in [-0.05, 0) is 96.5 Å². The maximum Gasteiger partial charge on any atom is 0.473 e. The molecule has 0 aromatic heterocycles. The number of nitrogens with zero attached hydrogens (tertiary/aromatic N) is 1. The highest BCUT2D eigenvalue weighted by molar-refractivity contribution is 7.47. The van der Waals surface area contributed by atoms with Crippen LogP contribution in [-0.2, 0) is 24.8 Å². The SMILES string of the molecule is C=C(C)[C@@H]1CCC(C)=C[C@H]1c1c(O)cc(CCC)cc1OC(=O)C1(OP(=O)(O)OCCN(C)C)CCCCC1. The summed E-state index contributed by atoms with van der Waals surface area (Å²) in [6, 6.07) is 3.56. The number of hydrogen-bond donors (Lipinski definition) is 2. The maximum atomic E-state index is 13.9. The van der Waals surface area contributed by atoms with Crippen molar-refractivity contribution in [1.29, 1.82) is 0 Å². The van der Waals surface area contributed by atoms with Gasteiger partial charge in [-0.1, -0.05) is 43.6 Å². The van der Waals surface area contributed by atoms with E-state index in [0.717, 1.165) is 36.8 Å². The Labute approximate surface area is 233 Å². The van der Waals surface area contributed by atoms with E-state index in [1.165, 1.54) is 5.57 Å². The van der Waals surface area contributed by atoms with Crippen LogP contribution < -0.4 is 4.74 Å². The number of benzene rings is 1. The first-order valence-corrected chi connectivity index (χ1v) is 15.6. The number of carbonyl (C=O) groups is 1. The molecule has 39 heavy (non-hydrogen) atoms. The van der Waals surface area contributed by atoms with Crippen LogP contribution in [0.3, 0.4) is 0 Å². The highest BCUT2D eigenvalue weighted by atomic mass is 31.2. The summed E-state index contributed by atoms with van der Waals surface area (Å²) in [5, 5.41) is 11.3. The third kappa shape index (κ3) is 8.27. The molecule has 1 aromatic rings. The molecule has 0 saturated heterocycles. The standard InChI is InChI=1S/C30H46NO7P/c1-7-11-23-19-26(32)28(25-18-22(4)12-13-24(25)21(2)3)27(20-23)37-29(33)30(14-9-8-10-15-30)38-39(34,35)36-17-16-31(5)6/h18-20,24-25,32H,2,7-17H2,1,3-6H3,(H,34,35)/t24-,25+/m0/s1. The number of esters is 1. The van der Waals surface area contributed by atoms with Crippen molar-refractivity contribution in [2.24, 2.45) is 5.92 Å². The van der Waals surface area contributed by atoms with Gasteiger partial charge in [-0.15, -0.1) is 0 Å². The van der Waals surface area contributed by atoms with Crippen molar-refractivity contribution < 1.29 is 33.1 Å². The summed E-state index contributed by atoms with van der Waals surface area (Å²) < 4.78 is 29.8. The van der Waals surface area contributed by atoms with Crippen molar-refractivity contribution in [2.45, 2.75) is 90.1 Å². The molecule has 0 radical (unpaired) electrons. The van der Waals surface area contributed by atoms with Crippen molar-refractivity contribution in [1.82, 2.24) is 4.90 Å². The minimum atomic E-state index is -4.54. The van der Waals surface area contributed by atoms with Crippen molar-refractivity contribution >= 4 is 13.8 Å². The number of rotatable bonds is 12. The normalized spacial score (nSPS) is 22.7. The molecule has 0 bridgehead atoms. The zero-order valence-corrected chi connectivity index (χ0v) is 25.1. The second-order valence-corrected chi connectivity index (χ2v) is 12.8. The first-order chi connectivity index (χ1) is 18.4. The van der Waals surface area contributed by atoms with Crippen LogP contribution in [0.5, 0.6) is 11.5 Å². The molecule has 0 amide bonds. The van der Waals surface area contributed by atoms with Crippen LogP contribution >= 0.6 is 7.82 Å². The number of ether oxygens (including phenoxy) is 1. The number of hydrogen-bond acceptors (Lipinski definition) is 7. The Hall–Kier alpha value is -1.96. The number of phosphoric ester groups is 1. The van der Waals surface area contributed by atoms with Crippen LogP contribution in [0.25, 0.3) is 0 Å². The lowest BCUT2D eigenvalue weighted by Crippen LogP contribution is -2.45. The Kier molecular flexibility index (Phi) is 11.0. The lowest BCUT2D eigenvalue weighted by molar-refractivity contribution is -0.157. The third-order valence-electron chi connectivity index (χ3n) is 7.75. The predicted octanol–water partition coefficient (Wildman–Crippen LogP) is 6.66. The number of phenolic OH excluding ortho intramolecular Hbond substituents is 1. The molecule has 0 aliphatic heterocycles. The van der Waals surface area contributed by atoms with Crippen LogP contribution in [0.15, 0.2) is 35.9 Å². The summed E-state index contributed by atoms with van der Waals surface area (Å²) in [7, 11) is -0.884. The van der Waals surface area contributed by atoms with Gasteiger partial charge in [0.05, 0.1) is 6.61 Å². The second kappa shape index (κ2) is 13.6. The minimum Gasteiger partial charge on any atom is -0.507 e. The van der Waals surface area contributed by atoms with Crippen molar-refractivity contribution in [3.63, 3.8) is 0 Å². The Balaban J connectivity index is 2.00. The monoisotopic (exact) mass is 563 g/mol. The fourth-order valence-corrected chi connectivity index (χ4v) is 6.72. The average Bonchev–Trinajstić information content (AvgIpc) is 2.83. The van der Waals surface area contributed by atoms with Crippen molar-refractivity contribution in [3.8, 4) is 11.5 Å². The topological polar surface area (TPSA) is 106 Å². The first-order valence-electron chi connectivity index (χ1n) is 14.1. The van der Waals surface area contributed by atoms with Crippen molar-refractivity contribution in [2.75, 3.05) is 27.2 Å². The third-order valence-corrected chi connectivity index (χ3v) is 8.84. The molecule has 8 nitrogen and oxygen atoms in total. The Morgan fingerprint density at radius 3 is 2.54 bits per heavy atom. The molecule has 1 aromatic carbocycles. The van der Waals surface area contributed by atoms with Gasteiger partial charge < -0.3 is 19.6 Å². The summed E-state index contributed by atoms with van der Waals surface area (Å²) in [5.74, 6) is -0.525. The minimum absolute atomic E-state index is 0.0152. The number of carbonyl (C=O) groups excluding carboxylic acids is 1. The molecular formula is C30H46NO7P. The lowest BCUT2D eigenvalue weighted by Gasteiger charge is -2.36. The fourth-order valence-electron chi connectivity index (χ4n) is 5.66. The van der Waals surface area contributed by atoms with Gasteiger partial charge in [0.2, 0.25) is 0 Å². The molecule has 3 rings (SSSR count). The summed E-state index contributed by atoms with van der Waals surface area (Å²) in [6.45, 7) is 10.7. The lowest BCUT2D eigenvalue weighted by atomic mass is 9.73. The molecule has 1 saturated carbocycles. The highest BCUT2D eigenvalue weighted by Gasteiger charge is 2.48. The second-order valence-electron chi connectivity index (χ2n) is 11.4. The largest absolute Gasteiger partial charge is 0.507 e. The van der Waals surface area contributed by atoms with Gasteiger partial charge >= 0.3 is 13.8 Å². The molecule has 218 valence electrons. The quantitative estimate of drug-likeness (QED) is 0.126. The number of phenols is 1. The summed E-state index contributed by atoms with van der Waals surface area (Å²) in [4.78, 5) is 26.2. The Morgan fingerprint density at radius 1 is 1.23 bits per heavy atom. The van der Waals surface area contributed by atoms with E-state index >= 15 is 0 Å². The summed E-state index contributed by atoms with van der Waals surface area (Å²) in [5.41, 5.74) is 1.98. The summed E-state index contributed by atoms with van der Waals surface area (Å²) >= 11 is 0. The Bertz CT molecular complexity index is 1110. The van der Waals surface area contributed by atoms with Gasteiger partial charge in [-0.2, -0.15) is 0 Å². The van der Waals surface area contributed by atoms with E-state index in [-0.39, 0.29) is 42.8 Å². The van der Waals surface area contributed by atoms with E-state index in [0.29, 0.717) is 31.4 Å². The van der Waals surface area contributed by atoms with E-state index in [1.54, 1.807) is 6.07 Å². The van der Waals surface area contributed by atoms with Gasteiger partial charge in [0, 0.05) is 18.0 Å². The molecule has 9 heteroatoms. The molecule has 0 heterocycles. The van der Waals surface area contributed by atoms with Crippen LogP contribution in [0, 0.1) is 5.92 Å². The molecule has 2 N–H and O–H groups in total. The number of aryl methyl sites for hydroxylation is 1. The molecule has 2 aliphatic carbocycles.